The number of carboxylic acid groups (broad SMARTS) is 4. The van der Waals surface area contributed by atoms with Crippen LogP contribution in [0.1, 0.15) is 31.2 Å². The number of carboxylic acids is 4. The topological polar surface area (TPSA) is 169 Å². The van der Waals surface area contributed by atoms with Gasteiger partial charge in [-0.05, 0) is 30.5 Å². The molecule has 47 heavy (non-hydrogen) atoms. The average Bonchev–Trinajstić information content (AvgIpc) is 2.97. The predicted molar refractivity (Wildman–Crippen MR) is 143 cm³/mol. The van der Waals surface area contributed by atoms with E-state index in [9.17, 15) is 49.4 Å². The standard InChI is InChI=1S/C21H27N3O2.3C2HF3O2/c25-21(26)18-6-2-4-8-20(18)24-11-9-23(10-12-24)15-16-13-17-5-1-3-7-19(17)22-14-16;3*3-2(4,5)1(6)7/h1,3,5,7,13-14,18,20H,2,4,6,8-12,15H2,(H,25,26);3*(H,6,7). The normalized spacial score (nSPS) is 19.1. The lowest BCUT2D eigenvalue weighted by molar-refractivity contribution is -0.193. The third-order valence-electron chi connectivity index (χ3n) is 6.70. The monoisotopic (exact) mass is 695 g/mol. The van der Waals surface area contributed by atoms with E-state index in [1.165, 1.54) is 10.9 Å². The van der Waals surface area contributed by atoms with Gasteiger partial charge < -0.3 is 20.4 Å². The van der Waals surface area contributed by atoms with Crippen LogP contribution in [0, 0.1) is 5.92 Å². The smallest absolute Gasteiger partial charge is 0.481 e. The van der Waals surface area contributed by atoms with Crippen molar-refractivity contribution < 1.29 is 79.1 Å². The second kappa shape index (κ2) is 17.6. The maximum absolute atomic E-state index is 11.6. The van der Waals surface area contributed by atoms with Crippen LogP contribution in [0.2, 0.25) is 0 Å². The maximum Gasteiger partial charge on any atom is 0.490 e. The van der Waals surface area contributed by atoms with Gasteiger partial charge in [-0.25, -0.2) is 14.4 Å². The molecule has 1 aromatic heterocycles. The molecule has 0 amide bonds. The number of aliphatic carboxylic acids is 4. The van der Waals surface area contributed by atoms with E-state index in [1.807, 2.05) is 18.3 Å². The van der Waals surface area contributed by atoms with Crippen LogP contribution in [0.3, 0.4) is 0 Å². The van der Waals surface area contributed by atoms with Gasteiger partial charge in [-0.15, -0.1) is 0 Å². The minimum absolute atomic E-state index is 0.181. The van der Waals surface area contributed by atoms with Gasteiger partial charge in [-0.2, -0.15) is 39.5 Å². The number of para-hydroxylation sites is 1. The van der Waals surface area contributed by atoms with Gasteiger partial charge in [-0.1, -0.05) is 31.0 Å². The summed E-state index contributed by atoms with van der Waals surface area (Å²) < 4.78 is 95.2. The van der Waals surface area contributed by atoms with Crippen LogP contribution >= 0.6 is 0 Å². The van der Waals surface area contributed by atoms with Crippen LogP contribution in [0.5, 0.6) is 0 Å². The fourth-order valence-corrected chi connectivity index (χ4v) is 4.55. The third-order valence-corrected chi connectivity index (χ3v) is 6.70. The second-order valence-corrected chi connectivity index (χ2v) is 10.1. The van der Waals surface area contributed by atoms with Gasteiger partial charge >= 0.3 is 42.4 Å². The number of hydrogen-bond acceptors (Lipinski definition) is 7. The van der Waals surface area contributed by atoms with Gasteiger partial charge in [0, 0.05) is 50.3 Å². The molecular weight excluding hydrogens is 665 g/mol. The van der Waals surface area contributed by atoms with Crippen LogP contribution in [-0.4, -0.2) is 110 Å². The Hall–Kier alpha value is -4.20. The number of alkyl halides is 9. The summed E-state index contributed by atoms with van der Waals surface area (Å²) in [6, 6.07) is 10.7. The quantitative estimate of drug-likeness (QED) is 0.321. The molecule has 264 valence electrons. The number of fused-ring (bicyclic) bond motifs is 1. The van der Waals surface area contributed by atoms with Gasteiger partial charge in [0.2, 0.25) is 0 Å². The highest BCUT2D eigenvalue weighted by Gasteiger charge is 2.39. The number of rotatable bonds is 4. The highest BCUT2D eigenvalue weighted by Crippen LogP contribution is 2.29. The molecule has 1 aromatic carbocycles. The fourth-order valence-electron chi connectivity index (χ4n) is 4.55. The summed E-state index contributed by atoms with van der Waals surface area (Å²) in [7, 11) is 0. The molecule has 11 nitrogen and oxygen atoms in total. The van der Waals surface area contributed by atoms with Crippen LogP contribution in [0.4, 0.5) is 39.5 Å². The molecule has 1 saturated heterocycles. The largest absolute Gasteiger partial charge is 0.490 e. The van der Waals surface area contributed by atoms with E-state index in [-0.39, 0.29) is 12.0 Å². The maximum atomic E-state index is 11.6. The molecule has 0 spiro atoms. The lowest BCUT2D eigenvalue weighted by Crippen LogP contribution is -2.53. The van der Waals surface area contributed by atoms with Crippen molar-refractivity contribution in [3.8, 4) is 0 Å². The third kappa shape index (κ3) is 14.8. The summed E-state index contributed by atoms with van der Waals surface area (Å²) in [6.07, 6.45) is -9.18. The Morgan fingerprint density at radius 2 is 1.17 bits per heavy atom. The molecule has 2 aromatic rings. The second-order valence-electron chi connectivity index (χ2n) is 10.1. The van der Waals surface area contributed by atoms with Crippen molar-refractivity contribution in [1.82, 2.24) is 14.8 Å². The number of benzene rings is 1. The van der Waals surface area contributed by atoms with E-state index < -0.39 is 42.4 Å². The number of aromatic nitrogens is 1. The van der Waals surface area contributed by atoms with Crippen molar-refractivity contribution in [2.45, 2.75) is 56.8 Å². The van der Waals surface area contributed by atoms with Gasteiger partial charge in [-0.3, -0.25) is 19.6 Å². The van der Waals surface area contributed by atoms with Crippen LogP contribution in [0.15, 0.2) is 36.5 Å². The van der Waals surface area contributed by atoms with Gasteiger partial charge in [0.05, 0.1) is 11.4 Å². The zero-order chi connectivity index (χ0) is 36.2. The lowest BCUT2D eigenvalue weighted by atomic mass is 9.83. The Balaban J connectivity index is 0.000000430. The fraction of sp³-hybridized carbons (Fsp3) is 0.519. The Labute approximate surface area is 260 Å². The van der Waals surface area contributed by atoms with Gasteiger partial charge in [0.15, 0.2) is 0 Å². The molecular formula is C27H30F9N3O8. The molecule has 1 saturated carbocycles. The molecule has 2 unspecified atom stereocenters. The molecule has 2 heterocycles. The summed E-state index contributed by atoms with van der Waals surface area (Å²) in [5, 5.41) is 32.1. The molecule has 0 bridgehead atoms. The number of halogens is 9. The summed E-state index contributed by atoms with van der Waals surface area (Å²) in [4.78, 5) is 47.7. The molecule has 0 radical (unpaired) electrons. The lowest BCUT2D eigenvalue weighted by Gasteiger charge is -2.43. The van der Waals surface area contributed by atoms with E-state index >= 15 is 0 Å². The predicted octanol–water partition coefficient (Wildman–Crippen LogP) is 4.90. The molecule has 2 fully saturated rings. The minimum Gasteiger partial charge on any atom is -0.481 e. The first-order valence-corrected chi connectivity index (χ1v) is 13.5. The summed E-state index contributed by atoms with van der Waals surface area (Å²) >= 11 is 0. The number of nitrogens with zero attached hydrogens (tertiary/aromatic N) is 3. The van der Waals surface area contributed by atoms with Crippen molar-refractivity contribution >= 4 is 34.8 Å². The molecule has 2 atom stereocenters. The van der Waals surface area contributed by atoms with Crippen molar-refractivity contribution in [1.29, 1.82) is 0 Å². The molecule has 1 aliphatic carbocycles. The minimum atomic E-state index is -5.08. The zero-order valence-electron chi connectivity index (χ0n) is 24.1. The Kier molecular flexibility index (Phi) is 15.3. The first kappa shape index (κ1) is 40.8. The molecule has 2 aliphatic rings. The van der Waals surface area contributed by atoms with E-state index in [2.05, 4.69) is 33.0 Å². The van der Waals surface area contributed by atoms with E-state index in [0.29, 0.717) is 0 Å². The summed E-state index contributed by atoms with van der Waals surface area (Å²) in [5.41, 5.74) is 2.29. The summed E-state index contributed by atoms with van der Waals surface area (Å²) in [5.74, 6) is -9.06. The van der Waals surface area contributed by atoms with Gasteiger partial charge in [0.1, 0.15) is 0 Å². The Morgan fingerprint density at radius 3 is 1.62 bits per heavy atom. The van der Waals surface area contributed by atoms with E-state index in [4.69, 9.17) is 29.7 Å². The van der Waals surface area contributed by atoms with E-state index in [1.54, 1.807) is 0 Å². The highest BCUT2D eigenvalue weighted by molar-refractivity contribution is 5.78. The summed E-state index contributed by atoms with van der Waals surface area (Å²) in [6.45, 7) is 4.84. The highest BCUT2D eigenvalue weighted by atomic mass is 19.4. The molecule has 4 N–H and O–H groups in total. The van der Waals surface area contributed by atoms with Crippen LogP contribution < -0.4 is 0 Å². The molecule has 1 aliphatic heterocycles. The average molecular weight is 696 g/mol. The first-order chi connectivity index (χ1) is 21.5. The van der Waals surface area contributed by atoms with Crippen molar-refractivity contribution in [3.63, 3.8) is 0 Å². The number of carbonyl (C=O) groups is 4. The van der Waals surface area contributed by atoms with E-state index in [0.717, 1.165) is 63.9 Å². The van der Waals surface area contributed by atoms with Crippen molar-refractivity contribution in [2.75, 3.05) is 26.2 Å². The van der Waals surface area contributed by atoms with Crippen LogP contribution in [0.25, 0.3) is 10.9 Å². The van der Waals surface area contributed by atoms with Crippen molar-refractivity contribution in [2.24, 2.45) is 5.92 Å². The number of piperazine rings is 1. The SMILES string of the molecule is O=C(O)C(F)(F)F.O=C(O)C(F)(F)F.O=C(O)C(F)(F)F.O=C(O)C1CCCCC1N1CCN(Cc2cnc3ccccc3c2)CC1. The first-order valence-electron chi connectivity index (χ1n) is 13.5. The molecule has 20 heteroatoms. The number of pyridine rings is 1. The zero-order valence-corrected chi connectivity index (χ0v) is 24.1. The van der Waals surface area contributed by atoms with Crippen molar-refractivity contribution in [3.05, 3.63) is 42.1 Å². The van der Waals surface area contributed by atoms with Gasteiger partial charge in [0.25, 0.3) is 0 Å². The van der Waals surface area contributed by atoms with Crippen LogP contribution in [-0.2, 0) is 25.7 Å². The Morgan fingerprint density at radius 1 is 0.723 bits per heavy atom. The molecule has 4 rings (SSSR count). The number of hydrogen-bond donors (Lipinski definition) is 4. The Bertz CT molecular complexity index is 1290.